The van der Waals surface area contributed by atoms with Gasteiger partial charge in [-0.25, -0.2) is 4.98 Å². The molecule has 2 aromatic carbocycles. The average Bonchev–Trinajstić information content (AvgIpc) is 2.81. The first-order chi connectivity index (χ1) is 9.61. The number of phenolic OH excluding ortho intramolecular Hbond substituents is 1. The summed E-state index contributed by atoms with van der Waals surface area (Å²) in [7, 11) is 0. The summed E-state index contributed by atoms with van der Waals surface area (Å²) in [6.45, 7) is 1.48. The largest absolute Gasteiger partial charge is 0.508 e. The molecule has 3 aromatic rings. The van der Waals surface area contributed by atoms with Crippen molar-refractivity contribution in [1.29, 1.82) is 0 Å². The number of carbonyl (C=O) groups excluding carboxylic acids is 1. The SMILES string of the molecule is CC(=O)Nc1ccc(-c2nc3ccc(O)cc3s2)cc1. The lowest BCUT2D eigenvalue weighted by atomic mass is 10.2. The van der Waals surface area contributed by atoms with E-state index in [0.29, 0.717) is 0 Å². The monoisotopic (exact) mass is 284 g/mol. The summed E-state index contributed by atoms with van der Waals surface area (Å²) in [6, 6.07) is 12.7. The molecule has 0 atom stereocenters. The van der Waals surface area contributed by atoms with Crippen LogP contribution in [0.2, 0.25) is 0 Å². The molecule has 2 N–H and O–H groups in total. The maximum atomic E-state index is 11.0. The van der Waals surface area contributed by atoms with Gasteiger partial charge in [0, 0.05) is 18.2 Å². The van der Waals surface area contributed by atoms with Crippen LogP contribution in [0.3, 0.4) is 0 Å². The summed E-state index contributed by atoms with van der Waals surface area (Å²) in [4.78, 5) is 15.5. The highest BCUT2D eigenvalue weighted by molar-refractivity contribution is 7.21. The van der Waals surface area contributed by atoms with E-state index < -0.39 is 0 Å². The molecule has 0 fully saturated rings. The van der Waals surface area contributed by atoms with Crippen LogP contribution >= 0.6 is 11.3 Å². The van der Waals surface area contributed by atoms with Gasteiger partial charge in [-0.1, -0.05) is 0 Å². The molecule has 0 aliphatic heterocycles. The van der Waals surface area contributed by atoms with Crippen molar-refractivity contribution in [1.82, 2.24) is 4.98 Å². The molecule has 20 heavy (non-hydrogen) atoms. The third-order valence-electron chi connectivity index (χ3n) is 2.82. The predicted molar refractivity (Wildman–Crippen MR) is 81.0 cm³/mol. The van der Waals surface area contributed by atoms with E-state index in [2.05, 4.69) is 10.3 Å². The van der Waals surface area contributed by atoms with E-state index in [1.165, 1.54) is 18.3 Å². The Bertz CT molecular complexity index is 778. The molecule has 0 unspecified atom stereocenters. The lowest BCUT2D eigenvalue weighted by Crippen LogP contribution is -2.05. The Kier molecular flexibility index (Phi) is 3.12. The number of aromatic hydroxyl groups is 1. The number of benzene rings is 2. The van der Waals surface area contributed by atoms with Gasteiger partial charge in [0.1, 0.15) is 10.8 Å². The molecular weight excluding hydrogens is 272 g/mol. The molecule has 5 heteroatoms. The Balaban J connectivity index is 1.96. The van der Waals surface area contributed by atoms with E-state index in [0.717, 1.165) is 26.5 Å². The standard InChI is InChI=1S/C15H12N2O2S/c1-9(18)16-11-4-2-10(3-5-11)15-17-13-7-6-12(19)8-14(13)20-15/h2-8,19H,1H3,(H,16,18). The van der Waals surface area contributed by atoms with Gasteiger partial charge in [0.15, 0.2) is 0 Å². The zero-order chi connectivity index (χ0) is 14.1. The Morgan fingerprint density at radius 1 is 1.20 bits per heavy atom. The molecule has 0 spiro atoms. The van der Waals surface area contributed by atoms with Gasteiger partial charge in [-0.05, 0) is 42.5 Å². The Morgan fingerprint density at radius 2 is 1.95 bits per heavy atom. The van der Waals surface area contributed by atoms with Crippen molar-refractivity contribution in [2.45, 2.75) is 6.92 Å². The number of hydrogen-bond donors (Lipinski definition) is 2. The Morgan fingerprint density at radius 3 is 2.65 bits per heavy atom. The molecule has 1 amide bonds. The van der Waals surface area contributed by atoms with Gasteiger partial charge in [-0.2, -0.15) is 0 Å². The summed E-state index contributed by atoms with van der Waals surface area (Å²) in [5.74, 6) is 0.155. The van der Waals surface area contributed by atoms with Gasteiger partial charge >= 0.3 is 0 Å². The van der Waals surface area contributed by atoms with Gasteiger partial charge in [0.05, 0.1) is 10.2 Å². The van der Waals surface area contributed by atoms with Gasteiger partial charge in [0.2, 0.25) is 5.91 Å². The van der Waals surface area contributed by atoms with Crippen molar-refractivity contribution in [3.63, 3.8) is 0 Å². The second-order valence-corrected chi connectivity index (χ2v) is 5.46. The highest BCUT2D eigenvalue weighted by Gasteiger charge is 2.07. The number of hydrogen-bond acceptors (Lipinski definition) is 4. The quantitative estimate of drug-likeness (QED) is 0.755. The minimum Gasteiger partial charge on any atom is -0.508 e. The number of phenols is 1. The van der Waals surface area contributed by atoms with Crippen LogP contribution in [0, 0.1) is 0 Å². The van der Waals surface area contributed by atoms with E-state index in [9.17, 15) is 9.90 Å². The second kappa shape index (κ2) is 4.94. The fourth-order valence-corrected chi connectivity index (χ4v) is 2.94. The van der Waals surface area contributed by atoms with Crippen molar-refractivity contribution in [2.75, 3.05) is 5.32 Å². The van der Waals surface area contributed by atoms with E-state index in [1.54, 1.807) is 18.2 Å². The molecule has 1 heterocycles. The minimum atomic E-state index is -0.0896. The normalized spacial score (nSPS) is 10.7. The van der Waals surface area contributed by atoms with E-state index >= 15 is 0 Å². The molecule has 0 aliphatic carbocycles. The molecule has 0 aliphatic rings. The van der Waals surface area contributed by atoms with Crippen LogP contribution in [0.15, 0.2) is 42.5 Å². The first-order valence-corrected chi connectivity index (χ1v) is 6.91. The first kappa shape index (κ1) is 12.6. The Labute approximate surface area is 119 Å². The maximum Gasteiger partial charge on any atom is 0.221 e. The summed E-state index contributed by atoms with van der Waals surface area (Å²) in [5, 5.41) is 13.1. The summed E-state index contributed by atoms with van der Waals surface area (Å²) in [6.07, 6.45) is 0. The van der Waals surface area contributed by atoms with Crippen LogP contribution in [0.4, 0.5) is 5.69 Å². The van der Waals surface area contributed by atoms with Gasteiger partial charge < -0.3 is 10.4 Å². The molecular formula is C15H12N2O2S. The number of nitrogens with zero attached hydrogens (tertiary/aromatic N) is 1. The van der Waals surface area contributed by atoms with Crippen LogP contribution in [-0.4, -0.2) is 16.0 Å². The van der Waals surface area contributed by atoms with Crippen molar-refractivity contribution < 1.29 is 9.90 Å². The number of thiazole rings is 1. The van der Waals surface area contributed by atoms with Crippen LogP contribution < -0.4 is 5.32 Å². The molecule has 4 nitrogen and oxygen atoms in total. The molecule has 1 aromatic heterocycles. The highest BCUT2D eigenvalue weighted by Crippen LogP contribution is 2.32. The third-order valence-corrected chi connectivity index (χ3v) is 3.89. The average molecular weight is 284 g/mol. The number of nitrogens with one attached hydrogen (secondary N) is 1. The number of anilines is 1. The fourth-order valence-electron chi connectivity index (χ4n) is 1.94. The maximum absolute atomic E-state index is 11.0. The van der Waals surface area contributed by atoms with Crippen LogP contribution in [-0.2, 0) is 4.79 Å². The number of fused-ring (bicyclic) bond motifs is 1. The van der Waals surface area contributed by atoms with E-state index in [-0.39, 0.29) is 11.7 Å². The number of amides is 1. The number of aromatic nitrogens is 1. The molecule has 0 saturated heterocycles. The minimum absolute atomic E-state index is 0.0896. The third kappa shape index (κ3) is 2.48. The molecule has 0 bridgehead atoms. The topological polar surface area (TPSA) is 62.2 Å². The van der Waals surface area contributed by atoms with Crippen LogP contribution in [0.5, 0.6) is 5.75 Å². The van der Waals surface area contributed by atoms with Crippen molar-refractivity contribution in [3.05, 3.63) is 42.5 Å². The fraction of sp³-hybridized carbons (Fsp3) is 0.0667. The first-order valence-electron chi connectivity index (χ1n) is 6.09. The molecule has 3 rings (SSSR count). The summed E-state index contributed by atoms with van der Waals surface area (Å²) < 4.78 is 0.950. The smallest absolute Gasteiger partial charge is 0.221 e. The molecule has 0 saturated carbocycles. The van der Waals surface area contributed by atoms with Crippen molar-refractivity contribution >= 4 is 33.1 Å². The summed E-state index contributed by atoms with van der Waals surface area (Å²) in [5.41, 5.74) is 2.62. The van der Waals surface area contributed by atoms with Crippen LogP contribution in [0.25, 0.3) is 20.8 Å². The highest BCUT2D eigenvalue weighted by atomic mass is 32.1. The number of carbonyl (C=O) groups is 1. The number of rotatable bonds is 2. The molecule has 0 radical (unpaired) electrons. The van der Waals surface area contributed by atoms with Crippen LogP contribution in [0.1, 0.15) is 6.92 Å². The zero-order valence-corrected chi connectivity index (χ0v) is 11.6. The van der Waals surface area contributed by atoms with Gasteiger partial charge in [0.25, 0.3) is 0 Å². The van der Waals surface area contributed by atoms with Gasteiger partial charge in [-0.3, -0.25) is 4.79 Å². The van der Waals surface area contributed by atoms with Gasteiger partial charge in [-0.15, -0.1) is 11.3 Å². The second-order valence-electron chi connectivity index (χ2n) is 4.43. The zero-order valence-electron chi connectivity index (χ0n) is 10.8. The lowest BCUT2D eigenvalue weighted by Gasteiger charge is -2.02. The van der Waals surface area contributed by atoms with Crippen molar-refractivity contribution in [2.24, 2.45) is 0 Å². The lowest BCUT2D eigenvalue weighted by molar-refractivity contribution is -0.114. The Hall–Kier alpha value is -2.40. The summed E-state index contributed by atoms with van der Waals surface area (Å²) >= 11 is 1.53. The van der Waals surface area contributed by atoms with Crippen molar-refractivity contribution in [3.8, 4) is 16.3 Å². The van der Waals surface area contributed by atoms with E-state index in [1.807, 2.05) is 24.3 Å². The predicted octanol–water partition coefficient (Wildman–Crippen LogP) is 3.63. The van der Waals surface area contributed by atoms with E-state index in [4.69, 9.17) is 0 Å². The molecule has 100 valence electrons.